The number of hydrogen-bond acceptors (Lipinski definition) is 0. The third kappa shape index (κ3) is 13.9. The van der Waals surface area contributed by atoms with E-state index in [2.05, 4.69) is 4.35 Å². The average molecular weight is 834 g/mol. The Morgan fingerprint density at radius 2 is 0.660 bits per heavy atom. The summed E-state index contributed by atoms with van der Waals surface area (Å²) in [4.78, 5) is 0. The monoisotopic (exact) mass is 833 g/mol. The summed E-state index contributed by atoms with van der Waals surface area (Å²) < 4.78 is 31.7. The number of rotatable bonds is 7. The Morgan fingerprint density at radius 3 is 0.872 bits per heavy atom. The molecule has 0 unspecified atom stereocenters. The Bertz CT molecular complexity index is 743. The summed E-state index contributed by atoms with van der Waals surface area (Å²) in [6.07, 6.45) is 46.0. The van der Waals surface area contributed by atoms with Crippen molar-refractivity contribution in [1.29, 1.82) is 0 Å². The molecule has 10 heteroatoms. The Morgan fingerprint density at radius 1 is 0.447 bits per heavy atom. The molecular weight excluding hydrogens is 765 g/mol. The summed E-state index contributed by atoms with van der Waals surface area (Å²) in [6.45, 7) is 0. The van der Waals surface area contributed by atoms with Gasteiger partial charge < -0.3 is 4.70 Å². The summed E-state index contributed by atoms with van der Waals surface area (Å²) in [5, 5.41) is 0. The van der Waals surface area contributed by atoms with Gasteiger partial charge in [0, 0.05) is 7.92 Å². The van der Waals surface area contributed by atoms with E-state index in [0.29, 0.717) is 0 Å². The van der Waals surface area contributed by atoms with E-state index in [1.807, 2.05) is 0 Å². The maximum absolute atomic E-state index is 9.67. The normalized spacial score (nSPS) is 25.4. The van der Waals surface area contributed by atoms with Gasteiger partial charge in [-0.25, -0.2) is 0 Å². The second-order valence-electron chi connectivity index (χ2n) is 15.8. The van der Waals surface area contributed by atoms with Crippen molar-refractivity contribution >= 4 is 46.5 Å². The summed E-state index contributed by atoms with van der Waals surface area (Å²) >= 11 is -1.68. The van der Waals surface area contributed by atoms with Crippen LogP contribution in [0.25, 0.3) is 0 Å². The van der Waals surface area contributed by atoms with Crippen molar-refractivity contribution in [2.45, 2.75) is 227 Å². The fourth-order valence-corrected chi connectivity index (χ4v) is 31.9. The molecule has 0 amide bonds. The second kappa shape index (κ2) is 24.1. The van der Waals surface area contributed by atoms with Crippen LogP contribution in [0, 0.1) is 0 Å². The van der Waals surface area contributed by atoms with Crippen LogP contribution in [0.3, 0.4) is 0 Å². The molecule has 278 valence electrons. The summed E-state index contributed by atoms with van der Waals surface area (Å²) in [5.41, 5.74) is 6.67. The van der Waals surface area contributed by atoms with Gasteiger partial charge in [0.2, 0.25) is 0 Å². The zero-order chi connectivity index (χ0) is 32.6. The topological polar surface area (TPSA) is 0 Å². The first-order valence-electron chi connectivity index (χ1n) is 19.9. The first kappa shape index (κ1) is 43.1. The van der Waals surface area contributed by atoms with Crippen molar-refractivity contribution in [3.8, 4) is 0 Å². The van der Waals surface area contributed by atoms with Gasteiger partial charge in [-0.1, -0.05) is 19.3 Å². The van der Waals surface area contributed by atoms with Gasteiger partial charge in [0.05, 0.1) is 17.0 Å². The molecule has 0 saturated heterocycles. The molecule has 47 heavy (non-hydrogen) atoms. The molecule has 0 aromatic carbocycles. The van der Waals surface area contributed by atoms with E-state index in [-0.39, 0.29) is 12.6 Å². The first-order chi connectivity index (χ1) is 22.4. The van der Waals surface area contributed by atoms with Crippen molar-refractivity contribution in [3.05, 3.63) is 0 Å². The maximum Gasteiger partial charge on any atom is -1.00 e. The van der Waals surface area contributed by atoms with Gasteiger partial charge in [0.1, 0.15) is 0 Å². The second-order valence-corrected chi connectivity index (χ2v) is 30.0. The first-order valence-corrected chi connectivity index (χ1v) is 29.2. The fourth-order valence-electron chi connectivity index (χ4n) is 11.1. The largest absolute Gasteiger partial charge is 1.00 e. The van der Waals surface area contributed by atoms with Crippen LogP contribution in [0.2, 0.25) is 0 Å². The zero-order valence-corrected chi connectivity index (χ0v) is 34.5. The van der Waals surface area contributed by atoms with Crippen molar-refractivity contribution in [2.75, 3.05) is 0 Å². The molecule has 0 aromatic rings. The Hall–Kier alpha value is 1.72. The minimum Gasteiger partial charge on any atom is -1.00 e. The molecule has 0 aliphatic heterocycles. The minimum atomic E-state index is -3.67. The van der Waals surface area contributed by atoms with E-state index in [1.54, 1.807) is 96.3 Å². The van der Waals surface area contributed by atoms with Crippen molar-refractivity contribution in [3.63, 3.8) is 0 Å². The molecule has 0 radical (unpaired) electrons. The summed E-state index contributed by atoms with van der Waals surface area (Å²) in [5.74, 6) is 0. The van der Waals surface area contributed by atoms with Crippen LogP contribution in [0.15, 0.2) is 0 Å². The zero-order valence-electron chi connectivity index (χ0n) is 29.4. The number of hydrogen-bond donors (Lipinski definition) is 0. The molecule has 0 spiro atoms. The van der Waals surface area contributed by atoms with Crippen LogP contribution in [0.4, 0.5) is 12.9 Å². The maximum atomic E-state index is 9.67. The molecular formula is C37H68BCl2F4P2Ru+. The van der Waals surface area contributed by atoms with Gasteiger partial charge >= 0.3 is 165 Å². The molecule has 6 rings (SSSR count). The van der Waals surface area contributed by atoms with Gasteiger partial charge in [-0.15, -0.1) is 0 Å². The van der Waals surface area contributed by atoms with Gasteiger partial charge in [-0.05, 0) is 77.0 Å². The van der Waals surface area contributed by atoms with E-state index < -0.39 is 28.3 Å². The summed E-state index contributed by atoms with van der Waals surface area (Å²) in [6, 6.07) is 0. The molecule has 6 saturated carbocycles. The number of halogens is 6. The molecule has 0 nitrogen and oxygen atoms in total. The quantitative estimate of drug-likeness (QED) is 0.136. The molecule has 0 aromatic heterocycles. The van der Waals surface area contributed by atoms with Crippen LogP contribution >= 0.6 is 34.6 Å². The van der Waals surface area contributed by atoms with Crippen molar-refractivity contribution < 1.29 is 31.2 Å². The SMILES string of the molecule is C1CCC([PH+](C2CCCCC2)C2CCCCC2)CC1.FB(F)F.[Cl][Ru]([Cl])=[CH][P+](C1CCCCC1)(C1CCCCC1)C1CCCCC1.[F-]. The molecule has 0 heterocycles. The predicted octanol–water partition coefficient (Wildman–Crippen LogP) is 11.8. The molecule has 0 N–H and O–H groups in total. The molecule has 6 aliphatic carbocycles. The van der Waals surface area contributed by atoms with Crippen LogP contribution in [-0.2, 0) is 13.5 Å². The van der Waals surface area contributed by atoms with Crippen molar-refractivity contribution in [1.82, 2.24) is 0 Å². The van der Waals surface area contributed by atoms with E-state index >= 15 is 0 Å². The van der Waals surface area contributed by atoms with E-state index in [9.17, 15) is 12.9 Å². The van der Waals surface area contributed by atoms with Gasteiger partial charge in [0.25, 0.3) is 0 Å². The van der Waals surface area contributed by atoms with Crippen LogP contribution in [0.5, 0.6) is 0 Å². The standard InChI is InChI=1S/C19H34P.C18H33P.BF3.2ClH.FH.Ru/c1-20(17-11-5-2-6-12-17,18-13-7-3-8-14-18)19-15-9-4-10-16-19;1-4-10-16(11-5-1)19(17-12-6-2-7-13-17)18-14-8-3-9-15-18;2-1(3)4;;;;/h1,17-19H,2-16H2;16-18H,1-15H2;;3*1H;/q+1;;;;;;+2/p-2. The van der Waals surface area contributed by atoms with Crippen molar-refractivity contribution in [2.24, 2.45) is 0 Å². The van der Waals surface area contributed by atoms with Crippen LogP contribution < -0.4 is 4.70 Å². The third-order valence-electron chi connectivity index (χ3n) is 13.1. The van der Waals surface area contributed by atoms with Gasteiger partial charge in [0.15, 0.2) is 0 Å². The Labute approximate surface area is 302 Å². The third-order valence-corrected chi connectivity index (χ3v) is 29.2. The van der Waals surface area contributed by atoms with E-state index in [0.717, 1.165) is 17.0 Å². The van der Waals surface area contributed by atoms with Crippen LogP contribution in [-0.4, -0.2) is 45.8 Å². The van der Waals surface area contributed by atoms with E-state index in [4.69, 9.17) is 19.4 Å². The smallest absolute Gasteiger partial charge is 1.00 e. The predicted molar refractivity (Wildman–Crippen MR) is 203 cm³/mol. The Balaban J connectivity index is 0.000000228. The Kier molecular flexibility index (Phi) is 22.1. The molecule has 6 fully saturated rings. The molecule has 0 atom stereocenters. The molecule has 6 aliphatic rings. The summed E-state index contributed by atoms with van der Waals surface area (Å²) in [7, 11) is 8.38. The minimum absolute atomic E-state index is 0. The van der Waals surface area contributed by atoms with Crippen LogP contribution in [0.1, 0.15) is 193 Å². The van der Waals surface area contributed by atoms with Gasteiger partial charge in [-0.3, -0.25) is 12.9 Å². The average Bonchev–Trinajstić information content (AvgIpc) is 3.10. The fraction of sp³-hybridized carbons (Fsp3) is 0.973. The van der Waals surface area contributed by atoms with E-state index in [1.165, 1.54) is 113 Å². The molecule has 0 bridgehead atoms. The van der Waals surface area contributed by atoms with Gasteiger partial charge in [-0.2, -0.15) is 0 Å².